The number of fused-ring (bicyclic) bond motifs is 1. The number of benzene rings is 1. The van der Waals surface area contributed by atoms with Gasteiger partial charge in [-0.2, -0.15) is 9.50 Å². The fourth-order valence-electron chi connectivity index (χ4n) is 2.16. The Balaban J connectivity index is 2.14. The van der Waals surface area contributed by atoms with Crippen LogP contribution in [-0.2, 0) is 14.8 Å². The number of anilines is 1. The van der Waals surface area contributed by atoms with Crippen molar-refractivity contribution in [2.45, 2.75) is 17.0 Å². The third-order valence-electron chi connectivity index (χ3n) is 3.38. The highest BCUT2D eigenvalue weighted by molar-refractivity contribution is 7.98. The number of hydrogen-bond acceptors (Lipinski definition) is 8. The summed E-state index contributed by atoms with van der Waals surface area (Å²) in [6.07, 6.45) is 2.90. The fourth-order valence-corrected chi connectivity index (χ4v) is 3.56. The summed E-state index contributed by atoms with van der Waals surface area (Å²) in [7, 11) is -4.14. The van der Waals surface area contributed by atoms with Crippen LogP contribution < -0.4 is 4.72 Å². The summed E-state index contributed by atoms with van der Waals surface area (Å²) in [5, 5.41) is 4.48. The lowest BCUT2D eigenvalue weighted by molar-refractivity contribution is 0.0526. The molecule has 0 saturated heterocycles. The second-order valence-electron chi connectivity index (χ2n) is 5.11. The van der Waals surface area contributed by atoms with Crippen LogP contribution in [0.5, 0.6) is 0 Å². The lowest BCUT2D eigenvalue weighted by atomic mass is 10.3. The average Bonchev–Trinajstić information content (AvgIpc) is 3.06. The Hall–Kier alpha value is -2.73. The summed E-state index contributed by atoms with van der Waals surface area (Å²) < 4.78 is 46.9. The standard InChI is InChI=1S/C15H14FN5O4S2/c1-3-25-13(22)11-8-17-14-18-15(26-2)19-21(14)12(11)20-27(23,24)10-6-4-9(16)5-7-10/h4-8,20H,3H2,1-2H3. The Morgan fingerprint density at radius 1 is 1.33 bits per heavy atom. The van der Waals surface area contributed by atoms with Crippen LogP contribution in [0.25, 0.3) is 5.78 Å². The van der Waals surface area contributed by atoms with Crippen molar-refractivity contribution in [1.29, 1.82) is 0 Å². The number of hydrogen-bond donors (Lipinski definition) is 1. The van der Waals surface area contributed by atoms with Crippen LogP contribution in [0.1, 0.15) is 17.3 Å². The van der Waals surface area contributed by atoms with Crippen LogP contribution in [0.2, 0.25) is 0 Å². The lowest BCUT2D eigenvalue weighted by Crippen LogP contribution is -2.20. The highest BCUT2D eigenvalue weighted by Crippen LogP contribution is 2.23. The number of sulfonamides is 1. The normalized spacial score (nSPS) is 11.5. The summed E-state index contributed by atoms with van der Waals surface area (Å²) in [6.45, 7) is 1.71. The maximum atomic E-state index is 13.1. The number of carbonyl (C=O) groups is 1. The molecular formula is C15H14FN5O4S2. The van der Waals surface area contributed by atoms with E-state index in [-0.39, 0.29) is 28.7 Å². The first-order chi connectivity index (χ1) is 12.9. The third-order valence-corrected chi connectivity index (χ3v) is 5.27. The molecule has 0 amide bonds. The number of ether oxygens (including phenoxy) is 1. The first kappa shape index (κ1) is 19.0. The van der Waals surface area contributed by atoms with Crippen LogP contribution >= 0.6 is 11.8 Å². The second kappa shape index (κ2) is 7.48. The number of rotatable bonds is 6. The number of aromatic nitrogens is 4. The molecule has 2 heterocycles. The quantitative estimate of drug-likeness (QED) is 0.483. The minimum atomic E-state index is -4.14. The molecule has 142 valence electrons. The van der Waals surface area contributed by atoms with E-state index in [0.29, 0.717) is 5.16 Å². The van der Waals surface area contributed by atoms with Crippen LogP contribution in [0.15, 0.2) is 40.5 Å². The summed E-state index contributed by atoms with van der Waals surface area (Å²) in [6, 6.07) is 4.25. The highest BCUT2D eigenvalue weighted by atomic mass is 32.2. The molecule has 0 saturated carbocycles. The van der Waals surface area contributed by atoms with Gasteiger partial charge in [0.2, 0.25) is 5.16 Å². The van der Waals surface area contributed by atoms with Gasteiger partial charge < -0.3 is 4.74 Å². The topological polar surface area (TPSA) is 116 Å². The molecule has 1 N–H and O–H groups in total. The van der Waals surface area contributed by atoms with E-state index in [0.717, 1.165) is 35.0 Å². The Kier molecular flexibility index (Phi) is 5.28. The molecule has 0 atom stereocenters. The summed E-state index contributed by atoms with van der Waals surface area (Å²) >= 11 is 1.23. The van der Waals surface area contributed by atoms with E-state index in [1.807, 2.05) is 0 Å². The predicted octanol–water partition coefficient (Wildman–Crippen LogP) is 1.96. The van der Waals surface area contributed by atoms with E-state index in [9.17, 15) is 17.6 Å². The van der Waals surface area contributed by atoms with Gasteiger partial charge in [0.05, 0.1) is 11.5 Å². The van der Waals surface area contributed by atoms with Crippen molar-refractivity contribution in [3.8, 4) is 0 Å². The largest absolute Gasteiger partial charge is 0.462 e. The molecule has 0 bridgehead atoms. The zero-order valence-electron chi connectivity index (χ0n) is 14.2. The molecule has 0 aliphatic rings. The van der Waals surface area contributed by atoms with Crippen molar-refractivity contribution >= 4 is 39.3 Å². The molecule has 2 aromatic heterocycles. The van der Waals surface area contributed by atoms with Gasteiger partial charge in [0.25, 0.3) is 15.8 Å². The number of carbonyl (C=O) groups excluding carboxylic acids is 1. The van der Waals surface area contributed by atoms with Crippen LogP contribution in [0, 0.1) is 5.82 Å². The molecule has 0 radical (unpaired) electrons. The van der Waals surface area contributed by atoms with Gasteiger partial charge in [-0.1, -0.05) is 11.8 Å². The SMILES string of the molecule is CCOC(=O)c1cnc2nc(SC)nn2c1NS(=O)(=O)c1ccc(F)cc1. The molecule has 12 heteroatoms. The van der Waals surface area contributed by atoms with Crippen LogP contribution in [-0.4, -0.2) is 46.8 Å². The van der Waals surface area contributed by atoms with E-state index >= 15 is 0 Å². The van der Waals surface area contributed by atoms with Gasteiger partial charge in [0.1, 0.15) is 11.4 Å². The van der Waals surface area contributed by atoms with Gasteiger partial charge in [-0.15, -0.1) is 5.10 Å². The average molecular weight is 411 g/mol. The Bertz CT molecular complexity index is 1100. The zero-order chi connectivity index (χ0) is 19.6. The number of halogens is 1. The fraction of sp³-hybridized carbons (Fsp3) is 0.200. The van der Waals surface area contributed by atoms with Crippen molar-refractivity contribution in [3.63, 3.8) is 0 Å². The molecule has 27 heavy (non-hydrogen) atoms. The van der Waals surface area contributed by atoms with Crippen molar-refractivity contribution in [1.82, 2.24) is 19.6 Å². The Labute approximate surface area is 158 Å². The first-order valence-corrected chi connectivity index (χ1v) is 10.3. The van der Waals surface area contributed by atoms with Crippen LogP contribution in [0.3, 0.4) is 0 Å². The Morgan fingerprint density at radius 3 is 2.67 bits per heavy atom. The van der Waals surface area contributed by atoms with Crippen molar-refractivity contribution in [2.75, 3.05) is 17.6 Å². The minimum Gasteiger partial charge on any atom is -0.462 e. The number of thioether (sulfide) groups is 1. The molecule has 3 rings (SSSR count). The van der Waals surface area contributed by atoms with Gasteiger partial charge in [0.15, 0.2) is 5.82 Å². The first-order valence-electron chi connectivity index (χ1n) is 7.61. The molecule has 0 fully saturated rings. The Morgan fingerprint density at radius 2 is 2.04 bits per heavy atom. The van der Waals surface area contributed by atoms with Crippen molar-refractivity contribution < 1.29 is 22.3 Å². The highest BCUT2D eigenvalue weighted by Gasteiger charge is 2.24. The van der Waals surface area contributed by atoms with Gasteiger partial charge in [-0.05, 0) is 37.4 Å². The molecule has 0 spiro atoms. The monoisotopic (exact) mass is 411 g/mol. The maximum absolute atomic E-state index is 13.1. The molecule has 0 aliphatic carbocycles. The molecule has 9 nitrogen and oxygen atoms in total. The molecule has 1 aromatic carbocycles. The van der Waals surface area contributed by atoms with Gasteiger partial charge >= 0.3 is 5.97 Å². The van der Waals surface area contributed by atoms with Gasteiger partial charge in [0, 0.05) is 6.20 Å². The van der Waals surface area contributed by atoms with E-state index in [2.05, 4.69) is 19.8 Å². The van der Waals surface area contributed by atoms with Gasteiger partial charge in [-0.3, -0.25) is 4.72 Å². The van der Waals surface area contributed by atoms with E-state index in [1.165, 1.54) is 11.8 Å². The molecule has 0 aliphatic heterocycles. The maximum Gasteiger partial charge on any atom is 0.343 e. The van der Waals surface area contributed by atoms with E-state index in [1.54, 1.807) is 13.2 Å². The molecule has 0 unspecified atom stereocenters. The second-order valence-corrected chi connectivity index (χ2v) is 7.57. The number of esters is 1. The van der Waals surface area contributed by atoms with Gasteiger partial charge in [-0.25, -0.2) is 22.6 Å². The number of nitrogens with zero attached hydrogens (tertiary/aromatic N) is 4. The smallest absolute Gasteiger partial charge is 0.343 e. The number of nitrogens with one attached hydrogen (secondary N) is 1. The summed E-state index contributed by atoms with van der Waals surface area (Å²) in [5.41, 5.74) is -0.132. The molecule has 3 aromatic rings. The van der Waals surface area contributed by atoms with Crippen molar-refractivity contribution in [2.24, 2.45) is 0 Å². The van der Waals surface area contributed by atoms with Crippen molar-refractivity contribution in [3.05, 3.63) is 41.8 Å². The molecular weight excluding hydrogens is 397 g/mol. The van der Waals surface area contributed by atoms with E-state index in [4.69, 9.17) is 4.74 Å². The predicted molar refractivity (Wildman–Crippen MR) is 95.7 cm³/mol. The minimum absolute atomic E-state index is 0.0917. The summed E-state index contributed by atoms with van der Waals surface area (Å²) in [5.74, 6) is -1.42. The lowest BCUT2D eigenvalue weighted by Gasteiger charge is -2.12. The summed E-state index contributed by atoms with van der Waals surface area (Å²) in [4.78, 5) is 20.2. The van der Waals surface area contributed by atoms with E-state index < -0.39 is 21.8 Å². The third kappa shape index (κ3) is 3.85. The van der Waals surface area contributed by atoms with Crippen LogP contribution in [0.4, 0.5) is 10.2 Å². The zero-order valence-corrected chi connectivity index (χ0v) is 15.8.